The van der Waals surface area contributed by atoms with Crippen molar-refractivity contribution >= 4 is 0 Å². The molecule has 0 aliphatic carbocycles. The van der Waals surface area contributed by atoms with Gasteiger partial charge in [-0.05, 0) is 44.4 Å². The summed E-state index contributed by atoms with van der Waals surface area (Å²) < 4.78 is 0. The highest BCUT2D eigenvalue weighted by Crippen LogP contribution is 2.24. The van der Waals surface area contributed by atoms with Crippen LogP contribution in [0, 0.1) is 35.0 Å². The van der Waals surface area contributed by atoms with Crippen LogP contribution < -0.4 is 0 Å². The third kappa shape index (κ3) is 26.7. The number of aliphatic hydroxyl groups is 2. The van der Waals surface area contributed by atoms with Crippen LogP contribution in [0.2, 0.25) is 0 Å². The Hall–Kier alpha value is -0.520. The number of aliphatic hydroxyl groups excluding tert-OH is 2. The van der Waals surface area contributed by atoms with E-state index in [9.17, 15) is 0 Å². The summed E-state index contributed by atoms with van der Waals surface area (Å²) in [6, 6.07) is 0. The molecule has 2 nitrogen and oxygen atoms in total. The largest absolute Gasteiger partial charge is 0.396 e. The van der Waals surface area contributed by atoms with Gasteiger partial charge in [-0.25, -0.2) is 0 Å². The lowest BCUT2D eigenvalue weighted by atomic mass is 9.83. The van der Waals surface area contributed by atoms with E-state index in [2.05, 4.69) is 46.5 Å². The Labute approximate surface area is 150 Å². The molecule has 2 atom stereocenters. The highest BCUT2D eigenvalue weighted by molar-refractivity contribution is 5.08. The number of hydrogen-bond donors (Lipinski definition) is 2. The molecule has 0 aromatic heterocycles. The van der Waals surface area contributed by atoms with Crippen LogP contribution in [0.4, 0.5) is 0 Å². The van der Waals surface area contributed by atoms with Crippen LogP contribution in [0.5, 0.6) is 0 Å². The second kappa shape index (κ2) is 21.5. The summed E-state index contributed by atoms with van der Waals surface area (Å²) in [5.74, 6) is 7.69. The molecule has 0 saturated carbocycles. The number of hydrogen-bond acceptors (Lipinski definition) is 2. The van der Waals surface area contributed by atoms with Gasteiger partial charge in [0, 0.05) is 6.61 Å². The van der Waals surface area contributed by atoms with Crippen LogP contribution in [0.1, 0.15) is 91.0 Å². The van der Waals surface area contributed by atoms with Crippen LogP contribution in [0.25, 0.3) is 0 Å². The fraction of sp³-hybridized carbons (Fsp3) is 0.905. The first kappa shape index (κ1) is 38.2. The predicted octanol–water partition coefficient (Wildman–Crippen LogP) is 6.26. The van der Waals surface area contributed by atoms with Crippen molar-refractivity contribution in [3.05, 3.63) is 0 Å². The van der Waals surface area contributed by atoms with Crippen molar-refractivity contribution in [2.75, 3.05) is 13.2 Å². The molecule has 2 heteroatoms. The first-order chi connectivity index (χ1) is 8.70. The van der Waals surface area contributed by atoms with Gasteiger partial charge in [-0.3, -0.25) is 0 Å². The predicted molar refractivity (Wildman–Crippen MR) is 111 cm³/mol. The highest BCUT2D eigenvalue weighted by atomic mass is 16.3. The molecule has 0 fully saturated rings. The molecule has 0 bridgehead atoms. The highest BCUT2D eigenvalue weighted by Gasteiger charge is 2.21. The van der Waals surface area contributed by atoms with E-state index >= 15 is 0 Å². The Morgan fingerprint density at radius 1 is 0.870 bits per heavy atom. The maximum absolute atomic E-state index is 9.06. The van der Waals surface area contributed by atoms with Crippen molar-refractivity contribution in [1.82, 2.24) is 0 Å². The van der Waals surface area contributed by atoms with Gasteiger partial charge in [0.05, 0.1) is 12.0 Å². The fourth-order valence-electron chi connectivity index (χ4n) is 2.24. The average molecular weight is 335 g/mol. The van der Waals surface area contributed by atoms with Crippen molar-refractivity contribution in [2.24, 2.45) is 23.2 Å². The molecule has 0 aromatic carbocycles. The van der Waals surface area contributed by atoms with E-state index in [1.165, 1.54) is 0 Å². The zero-order valence-corrected chi connectivity index (χ0v) is 14.0. The van der Waals surface area contributed by atoms with Crippen LogP contribution in [-0.4, -0.2) is 23.4 Å². The Balaban J connectivity index is -0.0000000552. The van der Waals surface area contributed by atoms with Crippen molar-refractivity contribution in [2.45, 2.75) is 91.0 Å². The number of rotatable bonds is 6. The van der Waals surface area contributed by atoms with E-state index in [-0.39, 0.29) is 41.7 Å². The summed E-state index contributed by atoms with van der Waals surface area (Å²) in [6.45, 7) is 15.0. The van der Waals surface area contributed by atoms with Gasteiger partial charge < -0.3 is 10.2 Å². The minimum atomic E-state index is -0.192. The lowest BCUT2D eigenvalue weighted by molar-refractivity contribution is 0.169. The molecule has 0 spiro atoms. The molecule has 2 N–H and O–H groups in total. The van der Waals surface area contributed by atoms with Gasteiger partial charge in [0.15, 0.2) is 0 Å². The molecule has 0 aliphatic rings. The van der Waals surface area contributed by atoms with Gasteiger partial charge >= 0.3 is 0 Å². The molecule has 0 radical (unpaired) electrons. The molecular weight excluding hydrogens is 284 g/mol. The summed E-state index contributed by atoms with van der Waals surface area (Å²) in [5, 5.41) is 17.6. The summed E-state index contributed by atoms with van der Waals surface area (Å²) in [5.41, 5.74) is -0.192. The van der Waals surface area contributed by atoms with Gasteiger partial charge in [-0.15, -0.1) is 5.92 Å². The molecule has 0 aromatic rings. The SMILES string of the molecule is C.C.C.C.CC#CC(C)(CO)CC(C)C.CC(C)CC(C)CO. The Morgan fingerprint density at radius 2 is 1.30 bits per heavy atom. The standard InChI is InChI=1S/C10H18O.C7H16O.4CH4/c1-5-6-10(4,8-11)7-9(2)3;1-6(2)4-7(3)5-8;;;;/h9,11H,7-8H2,1-4H3;6-8H,4-5H2,1-3H3;4*1H4. The topological polar surface area (TPSA) is 40.5 Å². The molecule has 0 heterocycles. The molecule has 2 unspecified atom stereocenters. The van der Waals surface area contributed by atoms with Crippen LogP contribution in [-0.2, 0) is 0 Å². The van der Waals surface area contributed by atoms with Crippen LogP contribution >= 0.6 is 0 Å². The Morgan fingerprint density at radius 3 is 1.48 bits per heavy atom. The van der Waals surface area contributed by atoms with Gasteiger partial charge in [-0.1, -0.05) is 70.2 Å². The third-order valence-corrected chi connectivity index (χ3v) is 2.82. The third-order valence-electron chi connectivity index (χ3n) is 2.82. The maximum atomic E-state index is 9.06. The maximum Gasteiger partial charge on any atom is 0.0594 e. The van der Waals surface area contributed by atoms with Gasteiger partial charge in [-0.2, -0.15) is 0 Å². The molecule has 0 saturated heterocycles. The Kier molecular flexibility index (Phi) is 35.7. The summed E-state index contributed by atoms with van der Waals surface area (Å²) in [6.07, 6.45) is 2.10. The first-order valence-corrected chi connectivity index (χ1v) is 7.36. The van der Waals surface area contributed by atoms with E-state index < -0.39 is 0 Å². The Bertz CT molecular complexity index is 261. The first-order valence-electron chi connectivity index (χ1n) is 7.36. The van der Waals surface area contributed by atoms with Crippen LogP contribution in [0.3, 0.4) is 0 Å². The van der Waals surface area contributed by atoms with Gasteiger partial charge in [0.1, 0.15) is 0 Å². The van der Waals surface area contributed by atoms with E-state index in [4.69, 9.17) is 10.2 Å². The molecule has 0 aliphatic heterocycles. The molecule has 0 amide bonds. The van der Waals surface area contributed by atoms with Crippen LogP contribution in [0.15, 0.2) is 0 Å². The molecule has 23 heavy (non-hydrogen) atoms. The van der Waals surface area contributed by atoms with E-state index in [1.54, 1.807) is 0 Å². The second-order valence-corrected chi connectivity index (χ2v) is 6.61. The average Bonchev–Trinajstić information content (AvgIpc) is 2.28. The lowest BCUT2D eigenvalue weighted by Gasteiger charge is -2.22. The summed E-state index contributed by atoms with van der Waals surface area (Å²) in [4.78, 5) is 0. The zero-order chi connectivity index (χ0) is 15.5. The van der Waals surface area contributed by atoms with E-state index in [0.29, 0.717) is 18.4 Å². The van der Waals surface area contributed by atoms with Crippen molar-refractivity contribution in [1.29, 1.82) is 0 Å². The monoisotopic (exact) mass is 334 g/mol. The normalized spacial score (nSPS) is 12.5. The molecule has 0 rings (SSSR count). The van der Waals surface area contributed by atoms with E-state index in [0.717, 1.165) is 18.8 Å². The summed E-state index contributed by atoms with van der Waals surface area (Å²) >= 11 is 0. The second-order valence-electron chi connectivity index (χ2n) is 6.61. The summed E-state index contributed by atoms with van der Waals surface area (Å²) in [7, 11) is 0. The van der Waals surface area contributed by atoms with Crippen molar-refractivity contribution < 1.29 is 10.2 Å². The molecular formula is C21H50O2. The minimum Gasteiger partial charge on any atom is -0.396 e. The van der Waals surface area contributed by atoms with Gasteiger partial charge in [0.2, 0.25) is 0 Å². The zero-order valence-electron chi connectivity index (χ0n) is 14.0. The van der Waals surface area contributed by atoms with Crippen molar-refractivity contribution in [3.8, 4) is 11.8 Å². The minimum absolute atomic E-state index is 0. The quantitative estimate of drug-likeness (QED) is 0.563. The lowest BCUT2D eigenvalue weighted by Crippen LogP contribution is -2.21. The molecule has 146 valence electrons. The fourth-order valence-corrected chi connectivity index (χ4v) is 2.24. The van der Waals surface area contributed by atoms with Crippen molar-refractivity contribution in [3.63, 3.8) is 0 Å². The van der Waals surface area contributed by atoms with Gasteiger partial charge in [0.25, 0.3) is 0 Å². The smallest absolute Gasteiger partial charge is 0.0594 e. The van der Waals surface area contributed by atoms with E-state index in [1.807, 2.05) is 13.8 Å².